The molecule has 0 spiro atoms. The van der Waals surface area contributed by atoms with E-state index in [1.807, 2.05) is 36.4 Å². The van der Waals surface area contributed by atoms with Gasteiger partial charge in [-0.1, -0.05) is 24.3 Å². The largest absolute Gasteiger partial charge is 0.493 e. The average molecular weight is 334 g/mol. The Hall–Kier alpha value is -1.68. The van der Waals surface area contributed by atoms with Crippen molar-refractivity contribution in [3.8, 4) is 11.5 Å². The molecule has 0 fully saturated rings. The standard InChI is InChI=1S/C16H16BrNO2/c17-16-13(18)5-3-7-15(16)20-10-11-8-9-19-14-6-2-1-4-12(11)14/h1-7,11H,8-10,18H2. The molecule has 2 N–H and O–H groups in total. The predicted octanol–water partition coefficient (Wildman–Crippen LogP) is 3.98. The topological polar surface area (TPSA) is 44.5 Å². The zero-order chi connectivity index (χ0) is 13.9. The molecule has 2 aromatic rings. The van der Waals surface area contributed by atoms with Gasteiger partial charge in [0.25, 0.3) is 0 Å². The summed E-state index contributed by atoms with van der Waals surface area (Å²) in [5.41, 5.74) is 7.77. The van der Waals surface area contributed by atoms with Crippen LogP contribution in [0, 0.1) is 0 Å². The molecule has 0 saturated heterocycles. The van der Waals surface area contributed by atoms with Gasteiger partial charge in [0.2, 0.25) is 0 Å². The molecular formula is C16H16BrNO2. The maximum absolute atomic E-state index is 5.93. The first-order valence-corrected chi connectivity index (χ1v) is 7.43. The quantitative estimate of drug-likeness (QED) is 0.864. The van der Waals surface area contributed by atoms with E-state index in [1.165, 1.54) is 5.56 Å². The van der Waals surface area contributed by atoms with E-state index in [1.54, 1.807) is 0 Å². The van der Waals surface area contributed by atoms with Crippen molar-refractivity contribution in [2.45, 2.75) is 12.3 Å². The highest BCUT2D eigenvalue weighted by Gasteiger charge is 2.21. The van der Waals surface area contributed by atoms with Gasteiger partial charge < -0.3 is 15.2 Å². The molecule has 4 heteroatoms. The van der Waals surface area contributed by atoms with Crippen LogP contribution in [0.25, 0.3) is 0 Å². The summed E-state index contributed by atoms with van der Waals surface area (Å²) in [4.78, 5) is 0. The second-order valence-electron chi connectivity index (χ2n) is 4.84. The molecule has 3 rings (SSSR count). The molecule has 0 radical (unpaired) electrons. The van der Waals surface area contributed by atoms with Gasteiger partial charge in [-0.25, -0.2) is 0 Å². The summed E-state index contributed by atoms with van der Waals surface area (Å²) in [5, 5.41) is 0. The van der Waals surface area contributed by atoms with E-state index in [4.69, 9.17) is 15.2 Å². The Bertz CT molecular complexity index is 615. The van der Waals surface area contributed by atoms with Gasteiger partial charge in [0.1, 0.15) is 11.5 Å². The molecule has 0 aromatic heterocycles. The number of benzene rings is 2. The summed E-state index contributed by atoms with van der Waals surface area (Å²) in [7, 11) is 0. The SMILES string of the molecule is Nc1cccc(OCC2CCOc3ccccc32)c1Br. The van der Waals surface area contributed by atoms with Gasteiger partial charge in [0.15, 0.2) is 0 Å². The van der Waals surface area contributed by atoms with Crippen LogP contribution in [0.2, 0.25) is 0 Å². The summed E-state index contributed by atoms with van der Waals surface area (Å²) in [6.45, 7) is 1.37. The maximum Gasteiger partial charge on any atom is 0.135 e. The minimum atomic E-state index is 0.355. The first-order valence-electron chi connectivity index (χ1n) is 6.64. The van der Waals surface area contributed by atoms with Crippen molar-refractivity contribution in [2.24, 2.45) is 0 Å². The highest BCUT2D eigenvalue weighted by atomic mass is 79.9. The second-order valence-corrected chi connectivity index (χ2v) is 5.64. The minimum absolute atomic E-state index is 0.355. The Balaban J connectivity index is 1.75. The molecule has 2 aromatic carbocycles. The van der Waals surface area contributed by atoms with Crippen molar-refractivity contribution in [1.29, 1.82) is 0 Å². The Morgan fingerprint density at radius 1 is 1.20 bits per heavy atom. The predicted molar refractivity (Wildman–Crippen MR) is 83.3 cm³/mol. The van der Waals surface area contributed by atoms with Crippen molar-refractivity contribution in [3.63, 3.8) is 0 Å². The van der Waals surface area contributed by atoms with E-state index in [-0.39, 0.29) is 0 Å². The normalized spacial score (nSPS) is 17.1. The number of rotatable bonds is 3. The lowest BCUT2D eigenvalue weighted by atomic mass is 9.94. The number of nitrogens with two attached hydrogens (primary N) is 1. The fourth-order valence-electron chi connectivity index (χ4n) is 2.42. The van der Waals surface area contributed by atoms with Crippen LogP contribution < -0.4 is 15.2 Å². The van der Waals surface area contributed by atoms with Gasteiger partial charge in [-0.05, 0) is 40.5 Å². The van der Waals surface area contributed by atoms with Gasteiger partial charge in [0.05, 0.1) is 17.7 Å². The third kappa shape index (κ3) is 2.61. The molecule has 1 aliphatic rings. The van der Waals surface area contributed by atoms with Crippen LogP contribution in [0.3, 0.4) is 0 Å². The summed E-state index contributed by atoms with van der Waals surface area (Å²) in [5.74, 6) is 2.11. The fourth-order valence-corrected chi connectivity index (χ4v) is 2.80. The number of ether oxygens (including phenoxy) is 2. The molecule has 1 unspecified atom stereocenters. The molecule has 0 aliphatic carbocycles. The van der Waals surface area contributed by atoms with E-state index in [0.29, 0.717) is 18.2 Å². The van der Waals surface area contributed by atoms with Crippen LogP contribution in [0.5, 0.6) is 11.5 Å². The molecule has 0 saturated carbocycles. The molecule has 1 atom stereocenters. The number of nitrogen functional groups attached to an aromatic ring is 1. The van der Waals surface area contributed by atoms with E-state index in [0.717, 1.165) is 29.0 Å². The molecule has 1 aliphatic heterocycles. The first-order chi connectivity index (χ1) is 9.75. The zero-order valence-electron chi connectivity index (χ0n) is 11.0. The molecule has 0 amide bonds. The van der Waals surface area contributed by atoms with Gasteiger partial charge in [-0.2, -0.15) is 0 Å². The molecule has 20 heavy (non-hydrogen) atoms. The van der Waals surface area contributed by atoms with Gasteiger partial charge in [-0.3, -0.25) is 0 Å². The third-order valence-electron chi connectivity index (χ3n) is 3.52. The van der Waals surface area contributed by atoms with Gasteiger partial charge >= 0.3 is 0 Å². The zero-order valence-corrected chi connectivity index (χ0v) is 12.6. The number of hydrogen-bond acceptors (Lipinski definition) is 3. The highest BCUT2D eigenvalue weighted by molar-refractivity contribution is 9.10. The minimum Gasteiger partial charge on any atom is -0.493 e. The summed E-state index contributed by atoms with van der Waals surface area (Å²) in [6.07, 6.45) is 0.969. The van der Waals surface area contributed by atoms with E-state index in [9.17, 15) is 0 Å². The second kappa shape index (κ2) is 5.75. The monoisotopic (exact) mass is 333 g/mol. The number of fused-ring (bicyclic) bond motifs is 1. The lowest BCUT2D eigenvalue weighted by Gasteiger charge is -2.26. The molecule has 1 heterocycles. The van der Waals surface area contributed by atoms with Crippen molar-refractivity contribution >= 4 is 21.6 Å². The number of halogens is 1. The van der Waals surface area contributed by atoms with Crippen LogP contribution in [-0.4, -0.2) is 13.2 Å². The number of para-hydroxylation sites is 1. The van der Waals surface area contributed by atoms with Crippen LogP contribution in [0.1, 0.15) is 17.9 Å². The molecular weight excluding hydrogens is 318 g/mol. The summed E-state index contributed by atoms with van der Waals surface area (Å²) < 4.78 is 12.4. The maximum atomic E-state index is 5.93. The smallest absolute Gasteiger partial charge is 0.135 e. The number of anilines is 1. The van der Waals surface area contributed by atoms with E-state index < -0.39 is 0 Å². The van der Waals surface area contributed by atoms with E-state index >= 15 is 0 Å². The van der Waals surface area contributed by atoms with Crippen molar-refractivity contribution in [1.82, 2.24) is 0 Å². The highest BCUT2D eigenvalue weighted by Crippen LogP contribution is 2.35. The van der Waals surface area contributed by atoms with Crippen LogP contribution >= 0.6 is 15.9 Å². The Morgan fingerprint density at radius 3 is 2.95 bits per heavy atom. The average Bonchev–Trinajstić information content (AvgIpc) is 2.49. The lowest BCUT2D eigenvalue weighted by molar-refractivity contribution is 0.217. The van der Waals surface area contributed by atoms with Crippen molar-refractivity contribution < 1.29 is 9.47 Å². The van der Waals surface area contributed by atoms with Crippen LogP contribution in [0.4, 0.5) is 5.69 Å². The molecule has 3 nitrogen and oxygen atoms in total. The third-order valence-corrected chi connectivity index (χ3v) is 4.36. The molecule has 104 valence electrons. The van der Waals surface area contributed by atoms with Gasteiger partial charge in [-0.15, -0.1) is 0 Å². The fraction of sp³-hybridized carbons (Fsp3) is 0.250. The van der Waals surface area contributed by atoms with E-state index in [2.05, 4.69) is 22.0 Å². The molecule has 0 bridgehead atoms. The Labute approximate surface area is 126 Å². The van der Waals surface area contributed by atoms with Crippen molar-refractivity contribution in [3.05, 3.63) is 52.5 Å². The summed E-state index contributed by atoms with van der Waals surface area (Å²) in [6, 6.07) is 13.8. The summed E-state index contributed by atoms with van der Waals surface area (Å²) >= 11 is 3.46. The van der Waals surface area contributed by atoms with Crippen molar-refractivity contribution in [2.75, 3.05) is 18.9 Å². The lowest BCUT2D eigenvalue weighted by Crippen LogP contribution is -2.19. The number of hydrogen-bond donors (Lipinski definition) is 1. The Kier molecular flexibility index (Phi) is 3.83. The first kappa shape index (κ1) is 13.3. The van der Waals surface area contributed by atoms with Crippen LogP contribution in [-0.2, 0) is 0 Å². The van der Waals surface area contributed by atoms with Crippen LogP contribution in [0.15, 0.2) is 46.9 Å². The Morgan fingerprint density at radius 2 is 2.05 bits per heavy atom. The van der Waals surface area contributed by atoms with Gasteiger partial charge in [0, 0.05) is 17.2 Å².